The highest BCUT2D eigenvalue weighted by atomic mass is 35.5. The second-order valence-electron chi connectivity index (χ2n) is 5.76. The lowest BCUT2D eigenvalue weighted by Crippen LogP contribution is -2.50. The number of alkyl halides is 1. The van der Waals surface area contributed by atoms with E-state index < -0.39 is 0 Å². The molecule has 118 valence electrons. The molecule has 0 bridgehead atoms. The van der Waals surface area contributed by atoms with Gasteiger partial charge in [0, 0.05) is 36.6 Å². The van der Waals surface area contributed by atoms with E-state index in [1.165, 1.54) is 0 Å². The number of hydrogen-bond donors (Lipinski definition) is 0. The average Bonchev–Trinajstić information content (AvgIpc) is 3.01. The molecule has 1 fully saturated rings. The molecule has 0 N–H and O–H groups in total. The zero-order valence-corrected chi connectivity index (χ0v) is 13.4. The molecule has 6 heteroatoms. The van der Waals surface area contributed by atoms with Gasteiger partial charge in [-0.15, -0.1) is 11.6 Å². The Labute approximate surface area is 143 Å². The summed E-state index contributed by atoms with van der Waals surface area (Å²) < 4.78 is 1.94. The molecule has 1 amide bonds. The van der Waals surface area contributed by atoms with Crippen LogP contribution in [0.4, 0.5) is 5.69 Å². The van der Waals surface area contributed by atoms with Crippen LogP contribution < -0.4 is 0 Å². The van der Waals surface area contributed by atoms with Crippen LogP contribution in [0.1, 0.15) is 10.4 Å². The number of carbonyl (C=O) groups excluding carboxylic acids is 1. The second kappa shape index (κ2) is 5.66. The molecule has 0 aliphatic carbocycles. The van der Waals surface area contributed by atoms with E-state index in [2.05, 4.69) is 9.83 Å². The molecule has 5 nitrogen and oxygen atoms in total. The molecule has 0 spiro atoms. The third kappa shape index (κ3) is 2.41. The van der Waals surface area contributed by atoms with Crippen LogP contribution in [0.15, 0.2) is 48.8 Å². The van der Waals surface area contributed by atoms with Crippen LogP contribution in [0.25, 0.3) is 21.6 Å². The molecule has 1 aliphatic rings. The van der Waals surface area contributed by atoms with E-state index in [0.29, 0.717) is 24.3 Å². The zero-order chi connectivity index (χ0) is 16.7. The van der Waals surface area contributed by atoms with Crippen LogP contribution in [0.5, 0.6) is 0 Å². The Hall–Kier alpha value is -2.84. The van der Waals surface area contributed by atoms with Crippen LogP contribution in [0.3, 0.4) is 0 Å². The van der Waals surface area contributed by atoms with Crippen molar-refractivity contribution < 1.29 is 4.79 Å². The number of likely N-dealkylation sites (tertiary alicyclic amines) is 1. The van der Waals surface area contributed by atoms with Gasteiger partial charge in [0.1, 0.15) is 5.65 Å². The summed E-state index contributed by atoms with van der Waals surface area (Å²) in [6, 6.07) is 11.1. The van der Waals surface area contributed by atoms with E-state index in [4.69, 9.17) is 18.2 Å². The van der Waals surface area contributed by atoms with E-state index in [0.717, 1.165) is 16.7 Å². The molecule has 24 heavy (non-hydrogen) atoms. The molecule has 0 saturated carbocycles. The van der Waals surface area contributed by atoms with Gasteiger partial charge in [0.2, 0.25) is 0 Å². The maximum absolute atomic E-state index is 12.4. The quantitative estimate of drug-likeness (QED) is 0.529. The summed E-state index contributed by atoms with van der Waals surface area (Å²) in [7, 11) is 0. The minimum atomic E-state index is -0.0320. The number of pyridine rings is 1. The number of amides is 1. The smallest absolute Gasteiger partial charge is 0.255 e. The molecule has 0 radical (unpaired) electrons. The Bertz CT molecular complexity index is 965. The fraction of sp³-hybridized carbons (Fsp3) is 0.167. The van der Waals surface area contributed by atoms with E-state index in [-0.39, 0.29) is 11.3 Å². The number of benzene rings is 1. The molecular formula is C18H13ClN4O. The summed E-state index contributed by atoms with van der Waals surface area (Å²) in [5, 5.41) is 0.961. The first-order valence-corrected chi connectivity index (χ1v) is 7.98. The van der Waals surface area contributed by atoms with Crippen molar-refractivity contribution in [1.29, 1.82) is 0 Å². The molecule has 0 unspecified atom stereocenters. The monoisotopic (exact) mass is 336 g/mol. The summed E-state index contributed by atoms with van der Waals surface area (Å²) in [4.78, 5) is 21.9. The molecule has 1 aliphatic heterocycles. The van der Waals surface area contributed by atoms with Gasteiger partial charge in [-0.3, -0.25) is 4.79 Å². The Morgan fingerprint density at radius 3 is 2.67 bits per heavy atom. The SMILES string of the molecule is [C-]#[N+]c1ccc(-n2ccc3cc(C(=O)N4CC(Cl)C4)cnc32)cc1. The second-order valence-corrected chi connectivity index (χ2v) is 6.38. The topological polar surface area (TPSA) is 42.5 Å². The molecule has 1 aromatic carbocycles. The Balaban J connectivity index is 1.67. The third-order valence-electron chi connectivity index (χ3n) is 4.15. The normalized spacial score (nSPS) is 14.4. The van der Waals surface area contributed by atoms with Gasteiger partial charge in [-0.05, 0) is 24.3 Å². The van der Waals surface area contributed by atoms with Gasteiger partial charge in [-0.2, -0.15) is 0 Å². The fourth-order valence-corrected chi connectivity index (χ4v) is 3.14. The Morgan fingerprint density at radius 2 is 2.00 bits per heavy atom. The first kappa shape index (κ1) is 14.7. The summed E-state index contributed by atoms with van der Waals surface area (Å²) >= 11 is 5.93. The predicted molar refractivity (Wildman–Crippen MR) is 92.9 cm³/mol. The lowest BCUT2D eigenvalue weighted by molar-refractivity contribution is 0.0659. The van der Waals surface area contributed by atoms with Crippen molar-refractivity contribution in [1.82, 2.24) is 14.5 Å². The van der Waals surface area contributed by atoms with E-state index in [9.17, 15) is 4.79 Å². The standard InChI is InChI=1S/C18H13ClN4O/c1-20-15-2-4-16(5-3-15)23-7-6-12-8-13(9-21-17(12)23)18(24)22-10-14(19)11-22/h2-9,14H,10-11H2. The lowest BCUT2D eigenvalue weighted by Gasteiger charge is -2.35. The Morgan fingerprint density at radius 1 is 1.25 bits per heavy atom. The van der Waals surface area contributed by atoms with Crippen molar-refractivity contribution >= 4 is 34.2 Å². The van der Waals surface area contributed by atoms with Crippen LogP contribution in [-0.4, -0.2) is 38.8 Å². The van der Waals surface area contributed by atoms with Gasteiger partial charge in [-0.25, -0.2) is 9.83 Å². The van der Waals surface area contributed by atoms with Gasteiger partial charge in [0.05, 0.1) is 17.5 Å². The molecule has 3 aromatic rings. The minimum absolute atomic E-state index is 0.0320. The maximum Gasteiger partial charge on any atom is 0.255 e. The first-order valence-electron chi connectivity index (χ1n) is 7.54. The van der Waals surface area contributed by atoms with Crippen LogP contribution in [0.2, 0.25) is 0 Å². The highest BCUT2D eigenvalue weighted by Crippen LogP contribution is 2.23. The number of rotatable bonds is 2. The number of fused-ring (bicyclic) bond motifs is 1. The van der Waals surface area contributed by atoms with Crippen molar-refractivity contribution in [2.24, 2.45) is 0 Å². The molecule has 3 heterocycles. The number of hydrogen-bond acceptors (Lipinski definition) is 2. The molecule has 2 aromatic heterocycles. The number of aromatic nitrogens is 2. The molecular weight excluding hydrogens is 324 g/mol. The molecule has 0 atom stereocenters. The highest BCUT2D eigenvalue weighted by molar-refractivity contribution is 6.22. The summed E-state index contributed by atoms with van der Waals surface area (Å²) in [5.74, 6) is -0.0320. The van der Waals surface area contributed by atoms with Gasteiger partial charge in [-0.1, -0.05) is 12.1 Å². The van der Waals surface area contributed by atoms with Gasteiger partial charge < -0.3 is 9.47 Å². The Kier molecular flexibility index (Phi) is 3.47. The molecule has 4 rings (SSSR count). The largest absolute Gasteiger partial charge is 0.335 e. The fourth-order valence-electron chi connectivity index (χ4n) is 2.81. The number of halogens is 1. The van der Waals surface area contributed by atoms with Gasteiger partial charge in [0.25, 0.3) is 5.91 Å². The van der Waals surface area contributed by atoms with Crippen LogP contribution in [0, 0.1) is 6.57 Å². The lowest BCUT2D eigenvalue weighted by atomic mass is 10.1. The summed E-state index contributed by atoms with van der Waals surface area (Å²) in [6.07, 6.45) is 3.52. The van der Waals surface area contributed by atoms with Gasteiger partial charge in [0.15, 0.2) is 5.69 Å². The maximum atomic E-state index is 12.4. The third-order valence-corrected chi connectivity index (χ3v) is 4.43. The van der Waals surface area contributed by atoms with Crippen molar-refractivity contribution in [3.8, 4) is 5.69 Å². The minimum Gasteiger partial charge on any atom is -0.335 e. The van der Waals surface area contributed by atoms with E-state index in [1.807, 2.05) is 35.0 Å². The van der Waals surface area contributed by atoms with Gasteiger partial charge >= 0.3 is 0 Å². The summed E-state index contributed by atoms with van der Waals surface area (Å²) in [5.41, 5.74) is 2.88. The van der Waals surface area contributed by atoms with Crippen molar-refractivity contribution in [3.05, 3.63) is 65.8 Å². The highest BCUT2D eigenvalue weighted by Gasteiger charge is 2.29. The van der Waals surface area contributed by atoms with Crippen LogP contribution in [-0.2, 0) is 0 Å². The molecule has 1 saturated heterocycles. The van der Waals surface area contributed by atoms with E-state index >= 15 is 0 Å². The van der Waals surface area contributed by atoms with Crippen molar-refractivity contribution in [3.63, 3.8) is 0 Å². The van der Waals surface area contributed by atoms with Crippen molar-refractivity contribution in [2.75, 3.05) is 13.1 Å². The van der Waals surface area contributed by atoms with Crippen LogP contribution >= 0.6 is 11.6 Å². The average molecular weight is 337 g/mol. The zero-order valence-electron chi connectivity index (χ0n) is 12.7. The van der Waals surface area contributed by atoms with E-state index in [1.54, 1.807) is 23.2 Å². The van der Waals surface area contributed by atoms with Crippen molar-refractivity contribution in [2.45, 2.75) is 5.38 Å². The predicted octanol–water partition coefficient (Wildman–Crippen LogP) is 3.64. The summed E-state index contributed by atoms with van der Waals surface area (Å²) in [6.45, 7) is 8.19. The first-order chi connectivity index (χ1) is 11.7. The number of nitrogens with zero attached hydrogens (tertiary/aromatic N) is 4. The number of carbonyl (C=O) groups is 1.